The molecule has 50 valence electrons. The van der Waals surface area contributed by atoms with E-state index in [4.69, 9.17) is 4.74 Å². The Morgan fingerprint density at radius 2 is 2.30 bits per heavy atom. The van der Waals surface area contributed by atoms with Gasteiger partial charge < -0.3 is 9.84 Å². The van der Waals surface area contributed by atoms with Gasteiger partial charge in [0.05, 0.1) is 13.2 Å². The van der Waals surface area contributed by atoms with E-state index in [2.05, 4.69) is 0 Å². The molecule has 0 aliphatic carbocycles. The van der Waals surface area contributed by atoms with Crippen molar-refractivity contribution < 1.29 is 44.2 Å². The standard InChI is InChI=1S/C6H8O3.Na/c7-3-5-4-9-2-1-6(5)8;/h3,7H,1-2,4H2;/q;+1/p-1/b5-3-;. The van der Waals surface area contributed by atoms with Crippen LogP contribution in [0.5, 0.6) is 0 Å². The molecule has 10 heavy (non-hydrogen) atoms. The minimum atomic E-state index is -0.0729. The average molecular weight is 150 g/mol. The predicted molar refractivity (Wildman–Crippen MR) is 28.5 cm³/mol. The number of carbonyl (C=O) groups is 1. The van der Waals surface area contributed by atoms with Crippen molar-refractivity contribution in [3.05, 3.63) is 11.8 Å². The van der Waals surface area contributed by atoms with Crippen LogP contribution in [0.1, 0.15) is 6.42 Å². The van der Waals surface area contributed by atoms with Gasteiger partial charge in [-0.25, -0.2) is 0 Å². The molecule has 0 spiro atoms. The molecular formula is C6H7NaO3. The van der Waals surface area contributed by atoms with Gasteiger partial charge in [0.2, 0.25) is 0 Å². The Kier molecular flexibility index (Phi) is 4.99. The van der Waals surface area contributed by atoms with E-state index in [9.17, 15) is 9.90 Å². The Hall–Kier alpha value is 0.170. The van der Waals surface area contributed by atoms with E-state index in [-0.39, 0.29) is 47.5 Å². The number of ketones is 1. The monoisotopic (exact) mass is 150 g/mol. The maximum Gasteiger partial charge on any atom is 1.00 e. The summed E-state index contributed by atoms with van der Waals surface area (Å²) in [6.07, 6.45) is 0.926. The number of carbonyl (C=O) groups excluding carboxylic acids is 1. The van der Waals surface area contributed by atoms with Crippen molar-refractivity contribution in [2.75, 3.05) is 13.2 Å². The van der Waals surface area contributed by atoms with E-state index in [0.717, 1.165) is 0 Å². The molecule has 0 N–H and O–H groups in total. The predicted octanol–water partition coefficient (Wildman–Crippen LogP) is -3.78. The van der Waals surface area contributed by atoms with Crippen LogP contribution >= 0.6 is 0 Å². The zero-order valence-electron chi connectivity index (χ0n) is 5.92. The van der Waals surface area contributed by atoms with Crippen LogP contribution in [-0.2, 0) is 9.53 Å². The topological polar surface area (TPSA) is 49.4 Å². The fourth-order valence-electron chi connectivity index (χ4n) is 0.688. The van der Waals surface area contributed by atoms with Crippen LogP contribution in [0.25, 0.3) is 0 Å². The maximum atomic E-state index is 10.7. The van der Waals surface area contributed by atoms with E-state index in [1.54, 1.807) is 0 Å². The van der Waals surface area contributed by atoms with Crippen molar-refractivity contribution in [3.63, 3.8) is 0 Å². The van der Waals surface area contributed by atoms with Gasteiger partial charge in [-0.2, -0.15) is 0 Å². The van der Waals surface area contributed by atoms with Crippen molar-refractivity contribution in [2.45, 2.75) is 6.42 Å². The first-order valence-electron chi connectivity index (χ1n) is 2.76. The summed E-state index contributed by atoms with van der Waals surface area (Å²) in [5.41, 5.74) is 0.265. The molecule has 0 unspecified atom stereocenters. The van der Waals surface area contributed by atoms with Gasteiger partial charge in [-0.05, 0) is 0 Å². The summed E-state index contributed by atoms with van der Waals surface area (Å²) in [4.78, 5) is 10.7. The maximum absolute atomic E-state index is 10.7. The molecule has 1 rings (SSSR count). The molecule has 3 nitrogen and oxygen atoms in total. The number of hydrogen-bond acceptors (Lipinski definition) is 3. The summed E-state index contributed by atoms with van der Waals surface area (Å²) in [7, 11) is 0. The molecule has 1 saturated heterocycles. The Morgan fingerprint density at radius 3 is 2.70 bits per heavy atom. The Balaban J connectivity index is 0.000000810. The summed E-state index contributed by atoms with van der Waals surface area (Å²) in [5.74, 6) is -0.0729. The first-order chi connectivity index (χ1) is 4.34. The number of Topliss-reactive ketones (excluding diaryl/α,β-unsaturated/α-hetero) is 1. The number of hydrogen-bond donors (Lipinski definition) is 0. The summed E-state index contributed by atoms with van der Waals surface area (Å²) in [5, 5.41) is 10.0. The number of rotatable bonds is 0. The Morgan fingerprint density at radius 1 is 1.60 bits per heavy atom. The van der Waals surface area contributed by atoms with Gasteiger partial charge in [0.25, 0.3) is 0 Å². The zero-order chi connectivity index (χ0) is 6.69. The molecule has 0 amide bonds. The van der Waals surface area contributed by atoms with Crippen molar-refractivity contribution >= 4 is 5.78 Å². The van der Waals surface area contributed by atoms with Gasteiger partial charge >= 0.3 is 29.6 Å². The SMILES string of the molecule is O=C1CCOC/C1=C/[O-].[Na+]. The van der Waals surface area contributed by atoms with Crippen LogP contribution in [0.15, 0.2) is 11.8 Å². The molecule has 0 saturated carbocycles. The molecular weight excluding hydrogens is 143 g/mol. The molecule has 0 atom stereocenters. The molecule has 0 aromatic heterocycles. The summed E-state index contributed by atoms with van der Waals surface area (Å²) < 4.78 is 4.85. The van der Waals surface area contributed by atoms with Crippen LogP contribution in [0.4, 0.5) is 0 Å². The minimum Gasteiger partial charge on any atom is -0.878 e. The van der Waals surface area contributed by atoms with E-state index in [1.807, 2.05) is 0 Å². The molecule has 0 aromatic carbocycles. The molecule has 1 fully saturated rings. The Bertz CT molecular complexity index is 153. The molecule has 1 aliphatic heterocycles. The third-order valence-corrected chi connectivity index (χ3v) is 1.23. The fraction of sp³-hybridized carbons (Fsp3) is 0.500. The fourth-order valence-corrected chi connectivity index (χ4v) is 0.688. The summed E-state index contributed by atoms with van der Waals surface area (Å²) in [6.45, 7) is 0.651. The molecule has 1 aliphatic rings. The van der Waals surface area contributed by atoms with Crippen molar-refractivity contribution in [2.24, 2.45) is 0 Å². The average Bonchev–Trinajstić information content (AvgIpc) is 1.89. The van der Waals surface area contributed by atoms with Gasteiger partial charge in [0, 0.05) is 12.0 Å². The second-order valence-electron chi connectivity index (χ2n) is 1.87. The van der Waals surface area contributed by atoms with Gasteiger partial charge in [-0.3, -0.25) is 4.79 Å². The zero-order valence-corrected chi connectivity index (χ0v) is 7.92. The van der Waals surface area contributed by atoms with Gasteiger partial charge in [0.15, 0.2) is 5.78 Å². The molecule has 0 aromatic rings. The van der Waals surface area contributed by atoms with E-state index in [0.29, 0.717) is 19.3 Å². The van der Waals surface area contributed by atoms with Gasteiger partial charge in [0.1, 0.15) is 0 Å². The summed E-state index contributed by atoms with van der Waals surface area (Å²) in [6, 6.07) is 0. The molecule has 1 heterocycles. The van der Waals surface area contributed by atoms with E-state index in [1.165, 1.54) is 0 Å². The normalized spacial score (nSPS) is 22.4. The van der Waals surface area contributed by atoms with E-state index < -0.39 is 0 Å². The van der Waals surface area contributed by atoms with Gasteiger partial charge in [-0.1, -0.05) is 0 Å². The second kappa shape index (κ2) is 4.91. The first-order valence-corrected chi connectivity index (χ1v) is 2.76. The van der Waals surface area contributed by atoms with Crippen LogP contribution < -0.4 is 34.7 Å². The van der Waals surface area contributed by atoms with Crippen molar-refractivity contribution in [3.8, 4) is 0 Å². The first kappa shape index (κ1) is 10.2. The van der Waals surface area contributed by atoms with Crippen molar-refractivity contribution in [1.29, 1.82) is 0 Å². The molecule has 4 heteroatoms. The Labute approximate surface area is 81.4 Å². The smallest absolute Gasteiger partial charge is 0.878 e. The van der Waals surface area contributed by atoms with Crippen LogP contribution in [-0.4, -0.2) is 19.0 Å². The summed E-state index contributed by atoms with van der Waals surface area (Å²) >= 11 is 0. The van der Waals surface area contributed by atoms with Crippen LogP contribution in [0.2, 0.25) is 0 Å². The molecule has 0 bridgehead atoms. The third-order valence-electron chi connectivity index (χ3n) is 1.23. The second-order valence-corrected chi connectivity index (χ2v) is 1.87. The minimum absolute atomic E-state index is 0. The largest absolute Gasteiger partial charge is 1.00 e. The number of ether oxygens (including phenoxy) is 1. The van der Waals surface area contributed by atoms with Crippen molar-refractivity contribution in [1.82, 2.24) is 0 Å². The van der Waals surface area contributed by atoms with E-state index >= 15 is 0 Å². The third kappa shape index (κ3) is 2.42. The molecule has 0 radical (unpaired) electrons. The van der Waals surface area contributed by atoms with Gasteiger partial charge in [-0.15, -0.1) is 6.26 Å². The quantitative estimate of drug-likeness (QED) is 0.202. The van der Waals surface area contributed by atoms with Crippen LogP contribution in [0, 0.1) is 0 Å². The van der Waals surface area contributed by atoms with Crippen LogP contribution in [0.3, 0.4) is 0 Å².